The van der Waals surface area contributed by atoms with Crippen LogP contribution in [0.5, 0.6) is 5.75 Å². The average molecular weight is 184 g/mol. The van der Waals surface area contributed by atoms with Crippen molar-refractivity contribution in [2.45, 2.75) is 0 Å². The van der Waals surface area contributed by atoms with E-state index in [9.17, 15) is 0 Å². The molecule has 0 fully saturated rings. The van der Waals surface area contributed by atoms with Crippen LogP contribution in [0, 0.1) is 0 Å². The second kappa shape index (κ2) is 5.87. The summed E-state index contributed by atoms with van der Waals surface area (Å²) >= 11 is 0. The van der Waals surface area contributed by atoms with Gasteiger partial charge >= 0.3 is 0 Å². The van der Waals surface area contributed by atoms with Gasteiger partial charge in [0, 0.05) is 0 Å². The maximum atomic E-state index is 8.63. The number of hydrogen-bond acceptors (Lipinski definition) is 1. The van der Waals surface area contributed by atoms with Crippen LogP contribution in [-0.2, 0) is 0 Å². The molecule has 0 saturated carbocycles. The Bertz CT molecular complexity index is 308. The van der Waals surface area contributed by atoms with Gasteiger partial charge < -0.3 is 5.11 Å². The Morgan fingerprint density at radius 3 is 1.36 bits per heavy atom. The molecule has 0 aliphatic carbocycles. The average Bonchev–Trinajstić information content (AvgIpc) is 2.21. The third-order valence-corrected chi connectivity index (χ3v) is 1.70. The van der Waals surface area contributed by atoms with Gasteiger partial charge in [0.15, 0.2) is 0 Å². The highest BCUT2D eigenvalue weighted by atomic mass is 16.3. The molecule has 0 radical (unpaired) electrons. The van der Waals surface area contributed by atoms with E-state index < -0.39 is 0 Å². The lowest BCUT2D eigenvalue weighted by Crippen LogP contribution is -1.97. The van der Waals surface area contributed by atoms with Crippen LogP contribution in [0.3, 0.4) is 0 Å². The Balaban J connectivity index is 0.000000140. The van der Waals surface area contributed by atoms with Crippen LogP contribution >= 0.6 is 0 Å². The molecule has 2 heteroatoms. The van der Waals surface area contributed by atoms with Gasteiger partial charge in [0.05, 0.1) is 0 Å². The van der Waals surface area contributed by atoms with Crippen molar-refractivity contribution in [3.05, 3.63) is 60.7 Å². The molecule has 0 bridgehead atoms. The summed E-state index contributed by atoms with van der Waals surface area (Å²) in [5.41, 5.74) is 1.32. The lowest BCUT2D eigenvalue weighted by molar-refractivity contribution is 0.475. The first kappa shape index (κ1) is 10.4. The van der Waals surface area contributed by atoms with Gasteiger partial charge in [-0.15, -0.1) is 0 Å². The highest BCUT2D eigenvalue weighted by molar-refractivity contribution is 6.32. The number of aromatic hydroxyl groups is 1. The van der Waals surface area contributed by atoms with Crippen LogP contribution in [0.25, 0.3) is 0 Å². The second-order valence-corrected chi connectivity index (χ2v) is 2.99. The summed E-state index contributed by atoms with van der Waals surface area (Å²) in [4.78, 5) is 0. The second-order valence-electron chi connectivity index (χ2n) is 2.99. The standard InChI is InChI=1S/C6H7B.C6H6O/c2*7-6-4-2-1-3-5-6/h1-5H,7H2;1-5,7H. The summed E-state index contributed by atoms with van der Waals surface area (Å²) in [6, 6.07) is 19.0. The maximum Gasteiger partial charge on any atom is 0.139 e. The van der Waals surface area contributed by atoms with Gasteiger partial charge in [0.2, 0.25) is 0 Å². The molecule has 2 aromatic rings. The maximum absolute atomic E-state index is 8.63. The van der Waals surface area contributed by atoms with Gasteiger partial charge in [-0.3, -0.25) is 0 Å². The molecule has 0 aliphatic rings. The number of benzene rings is 2. The van der Waals surface area contributed by atoms with Crippen molar-refractivity contribution in [3.8, 4) is 5.75 Å². The largest absolute Gasteiger partial charge is 0.508 e. The molecule has 0 heterocycles. The fraction of sp³-hybridized carbons (Fsp3) is 0. The molecule has 1 N–H and O–H groups in total. The highest BCUT2D eigenvalue weighted by Crippen LogP contribution is 2.02. The minimum Gasteiger partial charge on any atom is -0.508 e. The third kappa shape index (κ3) is 4.36. The third-order valence-electron chi connectivity index (χ3n) is 1.70. The van der Waals surface area contributed by atoms with Crippen molar-refractivity contribution in [3.63, 3.8) is 0 Å². The smallest absolute Gasteiger partial charge is 0.139 e. The Morgan fingerprint density at radius 2 is 1.14 bits per heavy atom. The van der Waals surface area contributed by atoms with Crippen LogP contribution in [-0.4, -0.2) is 13.0 Å². The normalized spacial score (nSPS) is 8.57. The van der Waals surface area contributed by atoms with Crippen molar-refractivity contribution in [2.24, 2.45) is 0 Å². The van der Waals surface area contributed by atoms with Crippen LogP contribution < -0.4 is 5.46 Å². The number of hydrogen-bond donors (Lipinski definition) is 1. The van der Waals surface area contributed by atoms with Gasteiger partial charge in [-0.2, -0.15) is 0 Å². The Kier molecular flexibility index (Phi) is 4.35. The van der Waals surface area contributed by atoms with Crippen LogP contribution in [0.2, 0.25) is 0 Å². The summed E-state index contributed by atoms with van der Waals surface area (Å²) < 4.78 is 0. The van der Waals surface area contributed by atoms with Crippen molar-refractivity contribution in [2.75, 3.05) is 0 Å². The fourth-order valence-electron chi connectivity index (χ4n) is 0.962. The summed E-state index contributed by atoms with van der Waals surface area (Å²) in [7, 11) is 2.08. The van der Waals surface area contributed by atoms with E-state index >= 15 is 0 Å². The number of para-hydroxylation sites is 1. The Hall–Kier alpha value is -1.70. The fourth-order valence-corrected chi connectivity index (χ4v) is 0.962. The molecular weight excluding hydrogens is 171 g/mol. The molecule has 0 unspecified atom stereocenters. The lowest BCUT2D eigenvalue weighted by Gasteiger charge is -1.82. The lowest BCUT2D eigenvalue weighted by atomic mass is 9.97. The molecule has 0 aliphatic heterocycles. The van der Waals surface area contributed by atoms with Gasteiger partial charge in [0.1, 0.15) is 13.6 Å². The first-order valence-corrected chi connectivity index (χ1v) is 4.54. The van der Waals surface area contributed by atoms with E-state index in [1.807, 2.05) is 24.3 Å². The van der Waals surface area contributed by atoms with E-state index in [0.29, 0.717) is 5.75 Å². The van der Waals surface area contributed by atoms with Crippen molar-refractivity contribution < 1.29 is 5.11 Å². The number of phenolic OH excluding ortho intramolecular Hbond substituents is 1. The molecule has 0 spiro atoms. The molecular formula is C12H13BO. The summed E-state index contributed by atoms with van der Waals surface area (Å²) in [5, 5.41) is 8.63. The van der Waals surface area contributed by atoms with Gasteiger partial charge in [-0.1, -0.05) is 54.0 Å². The van der Waals surface area contributed by atoms with E-state index in [1.54, 1.807) is 24.3 Å². The predicted octanol–water partition coefficient (Wildman–Crippen LogP) is 1.34. The summed E-state index contributed by atoms with van der Waals surface area (Å²) in [6.45, 7) is 0. The van der Waals surface area contributed by atoms with Gasteiger partial charge in [0.25, 0.3) is 0 Å². The van der Waals surface area contributed by atoms with E-state index in [1.165, 1.54) is 5.46 Å². The molecule has 2 aromatic carbocycles. The zero-order valence-corrected chi connectivity index (χ0v) is 8.22. The van der Waals surface area contributed by atoms with Gasteiger partial charge in [-0.05, 0) is 12.1 Å². The summed E-state index contributed by atoms with van der Waals surface area (Å²) in [5.74, 6) is 0.322. The van der Waals surface area contributed by atoms with Crippen LogP contribution in [0.4, 0.5) is 0 Å². The number of phenols is 1. The van der Waals surface area contributed by atoms with E-state index in [2.05, 4.69) is 20.0 Å². The minimum atomic E-state index is 0.322. The first-order valence-electron chi connectivity index (χ1n) is 4.54. The van der Waals surface area contributed by atoms with E-state index in [-0.39, 0.29) is 0 Å². The summed E-state index contributed by atoms with van der Waals surface area (Å²) in [6.07, 6.45) is 0. The minimum absolute atomic E-state index is 0.322. The molecule has 2 rings (SSSR count). The molecule has 0 aromatic heterocycles. The highest BCUT2D eigenvalue weighted by Gasteiger charge is 1.74. The van der Waals surface area contributed by atoms with Crippen LogP contribution in [0.1, 0.15) is 0 Å². The predicted molar refractivity (Wildman–Crippen MR) is 62.7 cm³/mol. The zero-order chi connectivity index (χ0) is 10.2. The molecule has 0 saturated heterocycles. The first-order chi connectivity index (χ1) is 6.79. The van der Waals surface area contributed by atoms with Crippen molar-refractivity contribution in [1.29, 1.82) is 0 Å². The molecule has 0 amide bonds. The molecule has 1 nitrogen and oxygen atoms in total. The topological polar surface area (TPSA) is 20.2 Å². The molecule has 70 valence electrons. The zero-order valence-electron chi connectivity index (χ0n) is 8.22. The molecule has 0 atom stereocenters. The Labute approximate surface area is 85.4 Å². The van der Waals surface area contributed by atoms with Crippen LogP contribution in [0.15, 0.2) is 60.7 Å². The van der Waals surface area contributed by atoms with Gasteiger partial charge in [-0.25, -0.2) is 0 Å². The monoisotopic (exact) mass is 184 g/mol. The van der Waals surface area contributed by atoms with E-state index in [4.69, 9.17) is 5.11 Å². The molecule has 14 heavy (non-hydrogen) atoms. The van der Waals surface area contributed by atoms with Crippen molar-refractivity contribution >= 4 is 13.3 Å². The SMILES string of the molecule is Bc1ccccc1.Oc1ccccc1. The quantitative estimate of drug-likeness (QED) is 0.612. The van der Waals surface area contributed by atoms with E-state index in [0.717, 1.165) is 0 Å². The van der Waals surface area contributed by atoms with Crippen molar-refractivity contribution in [1.82, 2.24) is 0 Å². The Morgan fingerprint density at radius 1 is 0.714 bits per heavy atom. The number of rotatable bonds is 0.